The van der Waals surface area contributed by atoms with Gasteiger partial charge in [-0.2, -0.15) is 0 Å². The Hall–Kier alpha value is -0.740. The fourth-order valence-corrected chi connectivity index (χ4v) is 1.06. The lowest BCUT2D eigenvalue weighted by atomic mass is 9.97. The van der Waals surface area contributed by atoms with E-state index in [1.54, 1.807) is 0 Å². The molecule has 1 heteroatoms. The fourth-order valence-electron chi connectivity index (χ4n) is 0.793. The predicted molar refractivity (Wildman–Crippen MR) is 60.5 cm³/mol. The Morgan fingerprint density at radius 1 is 1.08 bits per heavy atom. The van der Waals surface area contributed by atoms with E-state index in [-0.39, 0.29) is 5.41 Å². The molecule has 13 heavy (non-hydrogen) atoms. The van der Waals surface area contributed by atoms with E-state index in [0.29, 0.717) is 0 Å². The van der Waals surface area contributed by atoms with Crippen LogP contribution in [-0.2, 0) is 0 Å². The first kappa shape index (κ1) is 10.3. The van der Waals surface area contributed by atoms with Gasteiger partial charge in [0, 0.05) is 15.5 Å². The van der Waals surface area contributed by atoms with Gasteiger partial charge in [0.1, 0.15) is 0 Å². The van der Waals surface area contributed by atoms with Crippen LogP contribution in [0, 0.1) is 17.3 Å². The molecule has 0 nitrogen and oxygen atoms in total. The van der Waals surface area contributed by atoms with Crippen molar-refractivity contribution in [2.24, 2.45) is 5.41 Å². The summed E-state index contributed by atoms with van der Waals surface area (Å²) in [7, 11) is 0. The Balaban J connectivity index is 2.85. The maximum absolute atomic E-state index is 3.39. The quantitative estimate of drug-likeness (QED) is 0.601. The molecule has 0 unspecified atom stereocenters. The predicted octanol–water partition coefficient (Wildman–Crippen LogP) is 3.85. The first-order valence-corrected chi connectivity index (χ1v) is 5.05. The van der Waals surface area contributed by atoms with E-state index >= 15 is 0 Å². The van der Waals surface area contributed by atoms with Crippen LogP contribution in [0.2, 0.25) is 0 Å². The Morgan fingerprint density at radius 3 is 2.08 bits per heavy atom. The molecular formula is C12H13Br. The maximum Gasteiger partial charge on any atom is 0.0246 e. The Labute approximate surface area is 88.5 Å². The third-order valence-corrected chi connectivity index (χ3v) is 1.95. The summed E-state index contributed by atoms with van der Waals surface area (Å²) >= 11 is 3.39. The van der Waals surface area contributed by atoms with Crippen molar-refractivity contribution in [1.29, 1.82) is 0 Å². The summed E-state index contributed by atoms with van der Waals surface area (Å²) in [5.74, 6) is 6.33. The molecule has 0 atom stereocenters. The van der Waals surface area contributed by atoms with E-state index in [1.165, 1.54) is 0 Å². The van der Waals surface area contributed by atoms with Gasteiger partial charge in [0.25, 0.3) is 0 Å². The van der Waals surface area contributed by atoms with Crippen LogP contribution in [0.1, 0.15) is 26.3 Å². The van der Waals surface area contributed by atoms with Gasteiger partial charge in [-0.3, -0.25) is 0 Å². The van der Waals surface area contributed by atoms with Crippen molar-refractivity contribution in [1.82, 2.24) is 0 Å². The second kappa shape index (κ2) is 3.98. The van der Waals surface area contributed by atoms with Crippen molar-refractivity contribution in [3.8, 4) is 11.8 Å². The van der Waals surface area contributed by atoms with Crippen LogP contribution >= 0.6 is 15.9 Å². The largest absolute Gasteiger partial charge is 0.0920 e. The SMILES string of the molecule is CC(C)(C)C#Cc1ccc(Br)cc1. The number of hydrogen-bond acceptors (Lipinski definition) is 0. The van der Waals surface area contributed by atoms with Crippen molar-refractivity contribution in [3.05, 3.63) is 34.3 Å². The summed E-state index contributed by atoms with van der Waals surface area (Å²) in [6.07, 6.45) is 0. The van der Waals surface area contributed by atoms with E-state index in [0.717, 1.165) is 10.0 Å². The fraction of sp³-hybridized carbons (Fsp3) is 0.333. The van der Waals surface area contributed by atoms with Gasteiger partial charge in [-0.1, -0.05) is 27.8 Å². The Bertz CT molecular complexity index is 330. The zero-order valence-electron chi connectivity index (χ0n) is 8.19. The molecule has 0 saturated carbocycles. The van der Waals surface area contributed by atoms with Gasteiger partial charge < -0.3 is 0 Å². The van der Waals surface area contributed by atoms with Crippen molar-refractivity contribution >= 4 is 15.9 Å². The minimum absolute atomic E-state index is 0.0765. The molecule has 1 aromatic carbocycles. The van der Waals surface area contributed by atoms with Crippen molar-refractivity contribution in [2.75, 3.05) is 0 Å². The van der Waals surface area contributed by atoms with Gasteiger partial charge in [0.05, 0.1) is 0 Å². The summed E-state index contributed by atoms with van der Waals surface area (Å²) < 4.78 is 1.09. The molecule has 0 radical (unpaired) electrons. The lowest BCUT2D eigenvalue weighted by Gasteiger charge is -2.06. The lowest BCUT2D eigenvalue weighted by Crippen LogP contribution is -1.99. The number of hydrogen-bond donors (Lipinski definition) is 0. The van der Waals surface area contributed by atoms with Crippen molar-refractivity contribution in [2.45, 2.75) is 20.8 Å². The molecule has 1 rings (SSSR count). The topological polar surface area (TPSA) is 0 Å². The molecule has 0 heterocycles. The van der Waals surface area contributed by atoms with Gasteiger partial charge in [0.15, 0.2) is 0 Å². The minimum Gasteiger partial charge on any atom is -0.0920 e. The first-order valence-electron chi connectivity index (χ1n) is 4.26. The highest BCUT2D eigenvalue weighted by atomic mass is 79.9. The van der Waals surface area contributed by atoms with E-state index < -0.39 is 0 Å². The second-order valence-electron chi connectivity index (χ2n) is 4.01. The molecule has 0 N–H and O–H groups in total. The van der Waals surface area contributed by atoms with Gasteiger partial charge in [0.2, 0.25) is 0 Å². The zero-order chi connectivity index (χ0) is 9.90. The number of halogens is 1. The molecule has 0 saturated heterocycles. The zero-order valence-corrected chi connectivity index (χ0v) is 9.77. The number of rotatable bonds is 0. The smallest absolute Gasteiger partial charge is 0.0246 e. The Kier molecular flexibility index (Phi) is 3.17. The van der Waals surface area contributed by atoms with Crippen LogP contribution in [0.15, 0.2) is 28.7 Å². The highest BCUT2D eigenvalue weighted by Gasteiger charge is 2.02. The van der Waals surface area contributed by atoms with Crippen LogP contribution in [0.4, 0.5) is 0 Å². The van der Waals surface area contributed by atoms with Crippen LogP contribution in [0.3, 0.4) is 0 Å². The molecule has 0 fully saturated rings. The van der Waals surface area contributed by atoms with Gasteiger partial charge in [-0.25, -0.2) is 0 Å². The Morgan fingerprint density at radius 2 is 1.62 bits per heavy atom. The molecule has 0 amide bonds. The van der Waals surface area contributed by atoms with Crippen molar-refractivity contribution < 1.29 is 0 Å². The van der Waals surface area contributed by atoms with E-state index in [2.05, 4.69) is 48.5 Å². The van der Waals surface area contributed by atoms with Crippen LogP contribution in [0.5, 0.6) is 0 Å². The van der Waals surface area contributed by atoms with Crippen LogP contribution in [0.25, 0.3) is 0 Å². The molecular weight excluding hydrogens is 224 g/mol. The molecule has 0 aromatic heterocycles. The van der Waals surface area contributed by atoms with Gasteiger partial charge >= 0.3 is 0 Å². The molecule has 0 aliphatic rings. The van der Waals surface area contributed by atoms with E-state index in [9.17, 15) is 0 Å². The summed E-state index contributed by atoms with van der Waals surface area (Å²) in [5, 5.41) is 0. The molecule has 0 aliphatic carbocycles. The van der Waals surface area contributed by atoms with E-state index in [1.807, 2.05) is 24.3 Å². The summed E-state index contributed by atoms with van der Waals surface area (Å²) in [6, 6.07) is 8.05. The average Bonchev–Trinajstić information content (AvgIpc) is 2.02. The monoisotopic (exact) mass is 236 g/mol. The second-order valence-corrected chi connectivity index (χ2v) is 4.92. The maximum atomic E-state index is 3.39. The van der Waals surface area contributed by atoms with Gasteiger partial charge in [-0.15, -0.1) is 0 Å². The van der Waals surface area contributed by atoms with Crippen LogP contribution < -0.4 is 0 Å². The molecule has 1 aromatic rings. The third-order valence-electron chi connectivity index (χ3n) is 1.43. The first-order chi connectivity index (χ1) is 5.97. The number of benzene rings is 1. The molecule has 0 spiro atoms. The van der Waals surface area contributed by atoms with Gasteiger partial charge in [-0.05, 0) is 45.0 Å². The highest BCUT2D eigenvalue weighted by Crippen LogP contribution is 2.12. The molecule has 0 aliphatic heterocycles. The summed E-state index contributed by atoms with van der Waals surface area (Å²) in [4.78, 5) is 0. The molecule has 68 valence electrons. The normalized spacial score (nSPS) is 10.5. The average molecular weight is 237 g/mol. The molecule has 0 bridgehead atoms. The standard InChI is InChI=1S/C12H13Br/c1-12(2,3)9-8-10-4-6-11(13)7-5-10/h4-7H,1-3H3. The van der Waals surface area contributed by atoms with E-state index in [4.69, 9.17) is 0 Å². The summed E-state index contributed by atoms with van der Waals surface area (Å²) in [5.41, 5.74) is 1.14. The van der Waals surface area contributed by atoms with Crippen LogP contribution in [-0.4, -0.2) is 0 Å². The minimum atomic E-state index is 0.0765. The van der Waals surface area contributed by atoms with Crippen molar-refractivity contribution in [3.63, 3.8) is 0 Å². The summed E-state index contributed by atoms with van der Waals surface area (Å²) in [6.45, 7) is 6.33. The lowest BCUT2D eigenvalue weighted by molar-refractivity contribution is 0.571. The third kappa shape index (κ3) is 4.15. The highest BCUT2D eigenvalue weighted by molar-refractivity contribution is 9.10.